The Balaban J connectivity index is 2.50. The number of carbonyl (C=O) groups excluding carboxylic acids is 2. The molecule has 0 radical (unpaired) electrons. The van der Waals surface area contributed by atoms with E-state index in [-0.39, 0.29) is 0 Å². The zero-order chi connectivity index (χ0) is 14.5. The first-order valence-corrected chi connectivity index (χ1v) is 7.40. The van der Waals surface area contributed by atoms with Crippen molar-refractivity contribution in [3.63, 3.8) is 0 Å². The van der Waals surface area contributed by atoms with E-state index in [2.05, 4.69) is 10.9 Å². The Hall–Kier alpha value is -1.89. The monoisotopic (exact) mass is 284 g/mol. The quantitative estimate of drug-likeness (QED) is 0.776. The van der Waals surface area contributed by atoms with Gasteiger partial charge in [-0.3, -0.25) is 20.4 Å². The van der Waals surface area contributed by atoms with E-state index >= 15 is 0 Å². The lowest BCUT2D eigenvalue weighted by Crippen LogP contribution is -2.44. The lowest BCUT2D eigenvalue weighted by molar-refractivity contribution is -0.119. The van der Waals surface area contributed by atoms with Gasteiger partial charge in [0, 0.05) is 5.56 Å². The van der Waals surface area contributed by atoms with Gasteiger partial charge in [-0.2, -0.15) is 0 Å². The Kier molecular flexibility index (Phi) is 5.05. The fourth-order valence-electron chi connectivity index (χ4n) is 1.17. The Morgan fingerprint density at radius 1 is 1.11 bits per heavy atom. The van der Waals surface area contributed by atoms with Gasteiger partial charge in [-0.25, -0.2) is 8.42 Å². The molecule has 0 bridgehead atoms. The number of benzene rings is 1. The molecule has 1 rings (SSSR count). The van der Waals surface area contributed by atoms with Gasteiger partial charge in [0.15, 0.2) is 9.84 Å². The molecule has 7 heteroatoms. The SMILES string of the molecule is CC(C)S(=O)(=O)CC(=O)NNC(=O)c1ccccc1. The van der Waals surface area contributed by atoms with E-state index in [4.69, 9.17) is 0 Å². The summed E-state index contributed by atoms with van der Waals surface area (Å²) in [5, 5.41) is -0.636. The van der Waals surface area contributed by atoms with E-state index in [9.17, 15) is 18.0 Å². The highest BCUT2D eigenvalue weighted by atomic mass is 32.2. The normalized spacial score (nSPS) is 11.1. The molecule has 2 amide bonds. The van der Waals surface area contributed by atoms with Crippen molar-refractivity contribution in [2.45, 2.75) is 19.1 Å². The zero-order valence-electron chi connectivity index (χ0n) is 10.7. The van der Waals surface area contributed by atoms with Gasteiger partial charge >= 0.3 is 0 Å². The van der Waals surface area contributed by atoms with Crippen LogP contribution in [0.25, 0.3) is 0 Å². The molecule has 104 valence electrons. The average molecular weight is 284 g/mol. The largest absolute Gasteiger partial charge is 0.272 e. The fourth-order valence-corrected chi connectivity index (χ4v) is 1.94. The highest BCUT2D eigenvalue weighted by molar-refractivity contribution is 7.92. The smallest absolute Gasteiger partial charge is 0.269 e. The second-order valence-corrected chi connectivity index (χ2v) is 6.78. The van der Waals surface area contributed by atoms with Gasteiger partial charge in [-0.05, 0) is 26.0 Å². The zero-order valence-corrected chi connectivity index (χ0v) is 11.5. The average Bonchev–Trinajstić information content (AvgIpc) is 2.36. The Labute approximate surface area is 112 Å². The first kappa shape index (κ1) is 15.2. The van der Waals surface area contributed by atoms with Crippen LogP contribution in [0, 0.1) is 0 Å². The van der Waals surface area contributed by atoms with Crippen molar-refractivity contribution < 1.29 is 18.0 Å². The van der Waals surface area contributed by atoms with Crippen LogP contribution in [0.15, 0.2) is 30.3 Å². The number of amides is 2. The third-order valence-electron chi connectivity index (χ3n) is 2.40. The van der Waals surface area contributed by atoms with Crippen molar-refractivity contribution in [3.8, 4) is 0 Å². The highest BCUT2D eigenvalue weighted by Crippen LogP contribution is 2.00. The van der Waals surface area contributed by atoms with E-state index in [1.807, 2.05) is 0 Å². The minimum absolute atomic E-state index is 0.370. The van der Waals surface area contributed by atoms with Crippen molar-refractivity contribution in [1.29, 1.82) is 0 Å². The number of sulfone groups is 1. The van der Waals surface area contributed by atoms with Gasteiger partial charge in [0.05, 0.1) is 5.25 Å². The first-order valence-electron chi connectivity index (χ1n) is 5.68. The predicted octanol–water partition coefficient (Wildman–Crippen LogP) is 0.271. The third-order valence-corrected chi connectivity index (χ3v) is 4.50. The summed E-state index contributed by atoms with van der Waals surface area (Å²) < 4.78 is 23.0. The topological polar surface area (TPSA) is 92.3 Å². The van der Waals surface area contributed by atoms with Crippen LogP contribution in [0.3, 0.4) is 0 Å². The number of rotatable bonds is 4. The maximum absolute atomic E-state index is 11.6. The van der Waals surface area contributed by atoms with Crippen LogP contribution in [-0.4, -0.2) is 31.2 Å². The van der Waals surface area contributed by atoms with Crippen LogP contribution >= 0.6 is 0 Å². The molecule has 1 aromatic carbocycles. The summed E-state index contributed by atoms with van der Waals surface area (Å²) in [6.45, 7) is 2.98. The summed E-state index contributed by atoms with van der Waals surface area (Å²) in [5.41, 5.74) is 4.60. The predicted molar refractivity (Wildman–Crippen MR) is 71.0 cm³/mol. The summed E-state index contributed by atoms with van der Waals surface area (Å²) in [5.74, 6) is -1.92. The minimum atomic E-state index is -3.47. The van der Waals surface area contributed by atoms with Gasteiger partial charge in [-0.1, -0.05) is 18.2 Å². The maximum Gasteiger partial charge on any atom is 0.269 e. The number of nitrogens with one attached hydrogen (secondary N) is 2. The van der Waals surface area contributed by atoms with Crippen LogP contribution in [-0.2, 0) is 14.6 Å². The van der Waals surface area contributed by atoms with E-state index in [0.717, 1.165) is 0 Å². The van der Waals surface area contributed by atoms with Crippen LogP contribution in [0.4, 0.5) is 0 Å². The molecular weight excluding hydrogens is 268 g/mol. The first-order chi connectivity index (χ1) is 8.83. The second-order valence-electron chi connectivity index (χ2n) is 4.22. The molecule has 0 heterocycles. The Morgan fingerprint density at radius 2 is 1.68 bits per heavy atom. The summed E-state index contributed by atoms with van der Waals surface area (Å²) >= 11 is 0. The van der Waals surface area contributed by atoms with Gasteiger partial charge < -0.3 is 0 Å². The summed E-state index contributed by atoms with van der Waals surface area (Å²) in [7, 11) is -3.47. The van der Waals surface area contributed by atoms with E-state index in [1.54, 1.807) is 30.3 Å². The molecule has 0 aromatic heterocycles. The molecule has 0 spiro atoms. The van der Waals surface area contributed by atoms with Gasteiger partial charge in [0.2, 0.25) is 0 Å². The molecule has 0 fully saturated rings. The molecule has 2 N–H and O–H groups in total. The second kappa shape index (κ2) is 6.33. The Bertz CT molecular complexity index is 552. The van der Waals surface area contributed by atoms with Crippen molar-refractivity contribution >= 4 is 21.7 Å². The summed E-state index contributed by atoms with van der Waals surface area (Å²) in [4.78, 5) is 23.0. The van der Waals surface area contributed by atoms with Gasteiger partial charge in [0.25, 0.3) is 11.8 Å². The summed E-state index contributed by atoms with van der Waals surface area (Å²) in [6, 6.07) is 8.27. The minimum Gasteiger partial charge on any atom is -0.272 e. The molecule has 0 saturated carbocycles. The van der Waals surface area contributed by atoms with E-state index < -0.39 is 32.7 Å². The number of carbonyl (C=O) groups is 2. The van der Waals surface area contributed by atoms with Gasteiger partial charge in [0.1, 0.15) is 5.75 Å². The van der Waals surface area contributed by atoms with Crippen molar-refractivity contribution in [1.82, 2.24) is 10.9 Å². The number of hydrogen-bond donors (Lipinski definition) is 2. The summed E-state index contributed by atoms with van der Waals surface area (Å²) in [6.07, 6.45) is 0. The molecule has 0 unspecified atom stereocenters. The van der Waals surface area contributed by atoms with Crippen LogP contribution in [0.2, 0.25) is 0 Å². The molecule has 19 heavy (non-hydrogen) atoms. The van der Waals surface area contributed by atoms with E-state index in [0.29, 0.717) is 5.56 Å². The molecule has 0 aliphatic rings. The fraction of sp³-hybridized carbons (Fsp3) is 0.333. The highest BCUT2D eigenvalue weighted by Gasteiger charge is 2.20. The molecule has 0 aliphatic heterocycles. The standard InChI is InChI=1S/C12H16N2O4S/c1-9(2)19(17,18)8-11(15)13-14-12(16)10-6-4-3-5-7-10/h3-7,9H,8H2,1-2H3,(H,13,15)(H,14,16). The van der Waals surface area contributed by atoms with Crippen LogP contribution < -0.4 is 10.9 Å². The lowest BCUT2D eigenvalue weighted by Gasteiger charge is -2.09. The van der Waals surface area contributed by atoms with Crippen LogP contribution in [0.1, 0.15) is 24.2 Å². The molecule has 6 nitrogen and oxygen atoms in total. The van der Waals surface area contributed by atoms with Crippen LogP contribution in [0.5, 0.6) is 0 Å². The van der Waals surface area contributed by atoms with Crippen molar-refractivity contribution in [3.05, 3.63) is 35.9 Å². The van der Waals surface area contributed by atoms with Crippen molar-refractivity contribution in [2.75, 3.05) is 5.75 Å². The van der Waals surface area contributed by atoms with Crippen molar-refractivity contribution in [2.24, 2.45) is 0 Å². The molecule has 0 atom stereocenters. The van der Waals surface area contributed by atoms with Gasteiger partial charge in [-0.15, -0.1) is 0 Å². The van der Waals surface area contributed by atoms with E-state index in [1.165, 1.54) is 13.8 Å². The maximum atomic E-state index is 11.6. The Morgan fingerprint density at radius 3 is 2.21 bits per heavy atom. The molecular formula is C12H16N2O4S. The number of hydrogen-bond acceptors (Lipinski definition) is 4. The lowest BCUT2D eigenvalue weighted by atomic mass is 10.2. The molecule has 0 saturated heterocycles. The third kappa shape index (κ3) is 4.70. The number of hydrazine groups is 1. The molecule has 0 aliphatic carbocycles. The molecule has 1 aromatic rings.